The van der Waals surface area contributed by atoms with Gasteiger partial charge in [-0.15, -0.1) is 0 Å². The Morgan fingerprint density at radius 2 is 2.00 bits per heavy atom. The fourth-order valence-corrected chi connectivity index (χ4v) is 0.118. The van der Waals surface area contributed by atoms with E-state index >= 15 is 0 Å². The minimum absolute atomic E-state index is 0.726. The standard InChI is InChI=1S/C4H8O.C2H4O/c1-3-5-4-2;1-2-3/h3H,1,4H2,2H3;2-3H,1H2. The summed E-state index contributed by atoms with van der Waals surface area (Å²) >= 11 is 0. The molecule has 0 bridgehead atoms. The summed E-state index contributed by atoms with van der Waals surface area (Å²) in [6, 6.07) is 0. The molecule has 0 saturated heterocycles. The zero-order valence-corrected chi connectivity index (χ0v) is 5.13. The number of aliphatic hydroxyl groups excluding tert-OH is 1. The molecule has 0 aromatic carbocycles. The van der Waals surface area contributed by atoms with Crippen molar-refractivity contribution in [2.24, 2.45) is 0 Å². The molecular weight excluding hydrogens is 104 g/mol. The molecule has 0 radical (unpaired) electrons. The van der Waals surface area contributed by atoms with Crippen molar-refractivity contribution < 1.29 is 9.84 Å². The van der Waals surface area contributed by atoms with E-state index in [0.717, 1.165) is 12.9 Å². The van der Waals surface area contributed by atoms with E-state index in [0.29, 0.717) is 0 Å². The topological polar surface area (TPSA) is 29.5 Å². The van der Waals surface area contributed by atoms with Gasteiger partial charge in [0.2, 0.25) is 0 Å². The molecule has 0 aliphatic carbocycles. The van der Waals surface area contributed by atoms with Gasteiger partial charge in [-0.1, -0.05) is 13.2 Å². The van der Waals surface area contributed by atoms with Crippen LogP contribution in [0.25, 0.3) is 0 Å². The first-order valence-corrected chi connectivity index (χ1v) is 2.31. The lowest BCUT2D eigenvalue weighted by molar-refractivity contribution is 0.270. The maximum Gasteiger partial charge on any atom is 0.0844 e. The fraction of sp³-hybridized carbons (Fsp3) is 0.333. The Labute approximate surface area is 50.1 Å². The molecule has 8 heavy (non-hydrogen) atoms. The molecular formula is C6H12O2. The second-order valence-electron chi connectivity index (χ2n) is 0.805. The van der Waals surface area contributed by atoms with Gasteiger partial charge in [0.15, 0.2) is 0 Å². The highest BCUT2D eigenvalue weighted by Gasteiger charge is 1.55. The number of ether oxygens (including phenoxy) is 1. The second kappa shape index (κ2) is 16.5. The van der Waals surface area contributed by atoms with E-state index in [4.69, 9.17) is 5.11 Å². The van der Waals surface area contributed by atoms with Gasteiger partial charge in [-0.05, 0) is 6.92 Å². The van der Waals surface area contributed by atoms with Crippen LogP contribution in [0.5, 0.6) is 0 Å². The fourth-order valence-electron chi connectivity index (χ4n) is 0.118. The van der Waals surface area contributed by atoms with Crippen molar-refractivity contribution >= 4 is 0 Å². The Balaban J connectivity index is 0. The second-order valence-corrected chi connectivity index (χ2v) is 0.805. The van der Waals surface area contributed by atoms with Crippen LogP contribution in [0, 0.1) is 0 Å². The largest absolute Gasteiger partial charge is 0.516 e. The Bertz CT molecular complexity index is 50.5. The summed E-state index contributed by atoms with van der Waals surface area (Å²) in [6.45, 7) is 8.89. The van der Waals surface area contributed by atoms with Gasteiger partial charge in [-0.3, -0.25) is 0 Å². The van der Waals surface area contributed by atoms with Crippen LogP contribution in [0.3, 0.4) is 0 Å². The molecule has 1 N–H and O–H groups in total. The first-order valence-electron chi connectivity index (χ1n) is 2.31. The third-order valence-electron chi connectivity index (χ3n) is 0.285. The van der Waals surface area contributed by atoms with Crippen molar-refractivity contribution in [3.63, 3.8) is 0 Å². The predicted octanol–water partition coefficient (Wildman–Crippen LogP) is 1.85. The van der Waals surface area contributed by atoms with Crippen molar-refractivity contribution in [1.29, 1.82) is 0 Å². The summed E-state index contributed by atoms with van der Waals surface area (Å²) in [4.78, 5) is 0. The average molecular weight is 116 g/mol. The summed E-state index contributed by atoms with van der Waals surface area (Å²) in [5.74, 6) is 0. The summed E-state index contributed by atoms with van der Waals surface area (Å²) < 4.78 is 4.60. The molecule has 0 aliphatic heterocycles. The molecule has 0 atom stereocenters. The highest BCUT2D eigenvalue weighted by molar-refractivity contribution is 4.45. The van der Waals surface area contributed by atoms with Gasteiger partial charge in [0.1, 0.15) is 0 Å². The normalized spacial score (nSPS) is 5.62. The van der Waals surface area contributed by atoms with Gasteiger partial charge in [0.25, 0.3) is 0 Å². The molecule has 0 aromatic heterocycles. The first kappa shape index (κ1) is 10.1. The molecule has 0 amide bonds. The highest BCUT2D eigenvalue weighted by Crippen LogP contribution is 1.65. The molecule has 0 fully saturated rings. The van der Waals surface area contributed by atoms with Gasteiger partial charge in [-0.2, -0.15) is 0 Å². The van der Waals surface area contributed by atoms with Crippen LogP contribution in [-0.4, -0.2) is 11.7 Å². The average Bonchev–Trinajstić information content (AvgIpc) is 1.71. The lowest BCUT2D eigenvalue weighted by Gasteiger charge is -1.84. The predicted molar refractivity (Wildman–Crippen MR) is 34.6 cm³/mol. The Morgan fingerprint density at radius 3 is 2.00 bits per heavy atom. The lowest BCUT2D eigenvalue weighted by atomic mass is 10.9. The summed E-state index contributed by atoms with van der Waals surface area (Å²) in [7, 11) is 0. The van der Waals surface area contributed by atoms with Crippen LogP contribution in [-0.2, 0) is 4.74 Å². The van der Waals surface area contributed by atoms with Crippen LogP contribution in [0.1, 0.15) is 6.92 Å². The SMILES string of the molecule is C=CO.C=COCC. The van der Waals surface area contributed by atoms with Gasteiger partial charge in [0, 0.05) is 0 Å². The molecule has 2 heteroatoms. The molecule has 0 aromatic rings. The molecule has 0 aliphatic rings. The summed E-state index contributed by atoms with van der Waals surface area (Å²) in [6.07, 6.45) is 2.18. The maximum atomic E-state index is 7.33. The maximum absolute atomic E-state index is 7.33. The van der Waals surface area contributed by atoms with E-state index < -0.39 is 0 Å². The van der Waals surface area contributed by atoms with Gasteiger partial charge in [0.05, 0.1) is 19.1 Å². The zero-order valence-electron chi connectivity index (χ0n) is 5.13. The summed E-state index contributed by atoms with van der Waals surface area (Å²) in [5, 5.41) is 7.33. The van der Waals surface area contributed by atoms with E-state index in [1.807, 2.05) is 6.92 Å². The van der Waals surface area contributed by atoms with Gasteiger partial charge < -0.3 is 9.84 Å². The third-order valence-corrected chi connectivity index (χ3v) is 0.285. The van der Waals surface area contributed by atoms with E-state index in [2.05, 4.69) is 17.9 Å². The van der Waals surface area contributed by atoms with Crippen molar-refractivity contribution in [2.45, 2.75) is 6.92 Å². The van der Waals surface area contributed by atoms with Gasteiger partial charge >= 0.3 is 0 Å². The van der Waals surface area contributed by atoms with Gasteiger partial charge in [-0.25, -0.2) is 0 Å². The zero-order chi connectivity index (χ0) is 6.83. The van der Waals surface area contributed by atoms with Crippen LogP contribution in [0.15, 0.2) is 25.7 Å². The molecule has 48 valence electrons. The minimum atomic E-state index is 0.726. The van der Waals surface area contributed by atoms with Crippen LogP contribution < -0.4 is 0 Å². The molecule has 0 unspecified atom stereocenters. The van der Waals surface area contributed by atoms with Crippen molar-refractivity contribution in [3.05, 3.63) is 25.7 Å². The Kier molecular flexibility index (Phi) is 21.0. The number of hydrogen-bond acceptors (Lipinski definition) is 2. The minimum Gasteiger partial charge on any atom is -0.516 e. The number of rotatable bonds is 2. The molecule has 0 rings (SSSR count). The molecule has 0 heterocycles. The number of aliphatic hydroxyl groups is 1. The van der Waals surface area contributed by atoms with E-state index in [-0.39, 0.29) is 0 Å². The monoisotopic (exact) mass is 116 g/mol. The smallest absolute Gasteiger partial charge is 0.0844 e. The van der Waals surface area contributed by atoms with E-state index in [9.17, 15) is 0 Å². The third kappa shape index (κ3) is 72.5. The summed E-state index contributed by atoms with van der Waals surface area (Å²) in [5.41, 5.74) is 0. The highest BCUT2D eigenvalue weighted by atomic mass is 16.5. The van der Waals surface area contributed by atoms with Crippen molar-refractivity contribution in [2.75, 3.05) is 6.61 Å². The molecule has 0 spiro atoms. The van der Waals surface area contributed by atoms with Crippen LogP contribution in [0.4, 0.5) is 0 Å². The van der Waals surface area contributed by atoms with E-state index in [1.54, 1.807) is 0 Å². The van der Waals surface area contributed by atoms with Crippen molar-refractivity contribution in [1.82, 2.24) is 0 Å². The van der Waals surface area contributed by atoms with Crippen molar-refractivity contribution in [3.8, 4) is 0 Å². The van der Waals surface area contributed by atoms with E-state index in [1.165, 1.54) is 6.26 Å². The Morgan fingerprint density at radius 1 is 1.62 bits per heavy atom. The Hall–Kier alpha value is -0.920. The van der Waals surface area contributed by atoms with Crippen LogP contribution in [0.2, 0.25) is 0 Å². The first-order chi connectivity index (χ1) is 3.83. The molecule has 0 saturated carbocycles. The number of hydrogen-bond donors (Lipinski definition) is 1. The molecule has 2 nitrogen and oxygen atoms in total. The lowest BCUT2D eigenvalue weighted by Crippen LogP contribution is -1.72. The quantitative estimate of drug-likeness (QED) is 0.558. The van der Waals surface area contributed by atoms with Crippen LogP contribution >= 0.6 is 0 Å².